The van der Waals surface area contributed by atoms with Gasteiger partial charge in [0, 0.05) is 24.5 Å². The number of carbonyl (C=O) groups excluding carboxylic acids is 1. The molecular weight excluding hydrogens is 306 g/mol. The summed E-state index contributed by atoms with van der Waals surface area (Å²) >= 11 is 0. The molecule has 6 heteroatoms. The molecule has 0 aromatic heterocycles. The SMILES string of the molecule is CCOc1ccccc1NC(=O)N1CC[C@H]2NCCC[C@]2(CO)C1. The van der Waals surface area contributed by atoms with Gasteiger partial charge >= 0.3 is 6.03 Å². The summed E-state index contributed by atoms with van der Waals surface area (Å²) in [7, 11) is 0. The molecule has 0 spiro atoms. The number of nitrogens with one attached hydrogen (secondary N) is 2. The van der Waals surface area contributed by atoms with Crippen molar-refractivity contribution in [1.82, 2.24) is 10.2 Å². The molecule has 2 saturated heterocycles. The fourth-order valence-electron chi connectivity index (χ4n) is 3.91. The standard InChI is InChI=1S/C18H27N3O3/c1-2-24-15-7-4-3-6-14(15)20-17(23)21-11-8-16-18(12-21,13-22)9-5-10-19-16/h3-4,6-7,16,19,22H,2,5,8-13H2,1H3,(H,20,23)/t16-,18-/m1/s1. The lowest BCUT2D eigenvalue weighted by Gasteiger charge is -2.50. The molecule has 0 saturated carbocycles. The smallest absolute Gasteiger partial charge is 0.321 e. The number of fused-ring (bicyclic) bond motifs is 1. The largest absolute Gasteiger partial charge is 0.492 e. The maximum absolute atomic E-state index is 12.7. The number of rotatable bonds is 4. The van der Waals surface area contributed by atoms with E-state index in [1.807, 2.05) is 36.1 Å². The highest BCUT2D eigenvalue weighted by Gasteiger charge is 2.45. The number of aliphatic hydroxyl groups is 1. The first kappa shape index (κ1) is 17.0. The van der Waals surface area contributed by atoms with E-state index in [-0.39, 0.29) is 18.1 Å². The van der Waals surface area contributed by atoms with E-state index >= 15 is 0 Å². The highest BCUT2D eigenvalue weighted by molar-refractivity contribution is 5.91. The second-order valence-corrected chi connectivity index (χ2v) is 6.70. The minimum Gasteiger partial charge on any atom is -0.492 e. The lowest BCUT2D eigenvalue weighted by Crippen LogP contribution is -2.62. The summed E-state index contributed by atoms with van der Waals surface area (Å²) < 4.78 is 5.57. The topological polar surface area (TPSA) is 73.8 Å². The van der Waals surface area contributed by atoms with Crippen LogP contribution in [-0.2, 0) is 0 Å². The number of para-hydroxylation sites is 2. The Morgan fingerprint density at radius 2 is 2.33 bits per heavy atom. The van der Waals surface area contributed by atoms with Crippen LogP contribution in [-0.4, -0.2) is 54.9 Å². The molecule has 0 bridgehead atoms. The van der Waals surface area contributed by atoms with Crippen molar-refractivity contribution < 1.29 is 14.6 Å². The molecule has 0 radical (unpaired) electrons. The average Bonchev–Trinajstić information content (AvgIpc) is 2.63. The fourth-order valence-corrected chi connectivity index (χ4v) is 3.91. The van der Waals surface area contributed by atoms with Crippen molar-refractivity contribution in [3.05, 3.63) is 24.3 Å². The summed E-state index contributed by atoms with van der Waals surface area (Å²) in [4.78, 5) is 14.5. The van der Waals surface area contributed by atoms with Gasteiger partial charge in [0.1, 0.15) is 5.75 Å². The van der Waals surface area contributed by atoms with E-state index < -0.39 is 0 Å². The molecule has 0 aliphatic carbocycles. The van der Waals surface area contributed by atoms with Crippen molar-refractivity contribution in [3.8, 4) is 5.75 Å². The Hall–Kier alpha value is -1.79. The molecule has 24 heavy (non-hydrogen) atoms. The van der Waals surface area contributed by atoms with Crippen LogP contribution < -0.4 is 15.4 Å². The first-order valence-electron chi connectivity index (χ1n) is 8.80. The van der Waals surface area contributed by atoms with Crippen LogP contribution in [0.2, 0.25) is 0 Å². The molecule has 2 fully saturated rings. The fraction of sp³-hybridized carbons (Fsp3) is 0.611. The summed E-state index contributed by atoms with van der Waals surface area (Å²) in [5.74, 6) is 0.680. The van der Waals surface area contributed by atoms with Crippen molar-refractivity contribution in [2.24, 2.45) is 5.41 Å². The average molecular weight is 333 g/mol. The molecule has 2 aliphatic rings. The molecular formula is C18H27N3O3. The second kappa shape index (κ2) is 7.40. The van der Waals surface area contributed by atoms with E-state index in [4.69, 9.17) is 4.74 Å². The van der Waals surface area contributed by atoms with Gasteiger partial charge in [-0.15, -0.1) is 0 Å². The summed E-state index contributed by atoms with van der Waals surface area (Å²) in [5.41, 5.74) is 0.471. The summed E-state index contributed by atoms with van der Waals surface area (Å²) in [6.45, 7) is 4.87. The van der Waals surface area contributed by atoms with Crippen LogP contribution >= 0.6 is 0 Å². The van der Waals surface area contributed by atoms with Crippen molar-refractivity contribution in [1.29, 1.82) is 0 Å². The normalized spacial score (nSPS) is 26.6. The van der Waals surface area contributed by atoms with E-state index in [0.29, 0.717) is 37.2 Å². The number of nitrogens with zero attached hydrogens (tertiary/aromatic N) is 1. The number of amides is 2. The third kappa shape index (κ3) is 3.35. The molecule has 2 amide bonds. The number of urea groups is 1. The van der Waals surface area contributed by atoms with Gasteiger partial charge in [-0.3, -0.25) is 0 Å². The van der Waals surface area contributed by atoms with Gasteiger partial charge in [-0.1, -0.05) is 12.1 Å². The monoisotopic (exact) mass is 333 g/mol. The number of hydrogen-bond acceptors (Lipinski definition) is 4. The number of anilines is 1. The van der Waals surface area contributed by atoms with Crippen molar-refractivity contribution in [2.45, 2.75) is 32.2 Å². The van der Waals surface area contributed by atoms with E-state index in [0.717, 1.165) is 25.8 Å². The van der Waals surface area contributed by atoms with E-state index in [1.165, 1.54) is 0 Å². The maximum Gasteiger partial charge on any atom is 0.321 e. The Kier molecular flexibility index (Phi) is 5.26. The van der Waals surface area contributed by atoms with Gasteiger partial charge in [0.15, 0.2) is 0 Å². The van der Waals surface area contributed by atoms with Crippen LogP contribution in [0.3, 0.4) is 0 Å². The van der Waals surface area contributed by atoms with E-state index in [9.17, 15) is 9.90 Å². The Bertz CT molecular complexity index is 580. The Labute approximate surface area is 143 Å². The van der Waals surface area contributed by atoms with Gasteiger partial charge in [0.2, 0.25) is 0 Å². The molecule has 6 nitrogen and oxygen atoms in total. The highest BCUT2D eigenvalue weighted by atomic mass is 16.5. The second-order valence-electron chi connectivity index (χ2n) is 6.70. The van der Waals surface area contributed by atoms with Crippen LogP contribution in [0.25, 0.3) is 0 Å². The summed E-state index contributed by atoms with van der Waals surface area (Å²) in [6, 6.07) is 7.64. The summed E-state index contributed by atoms with van der Waals surface area (Å²) in [6.07, 6.45) is 2.88. The minimum absolute atomic E-state index is 0.115. The molecule has 132 valence electrons. The van der Waals surface area contributed by atoms with Crippen molar-refractivity contribution in [3.63, 3.8) is 0 Å². The zero-order valence-corrected chi connectivity index (χ0v) is 14.3. The quantitative estimate of drug-likeness (QED) is 0.788. The first-order valence-corrected chi connectivity index (χ1v) is 8.80. The van der Waals surface area contributed by atoms with Gasteiger partial charge in [-0.25, -0.2) is 4.79 Å². The highest BCUT2D eigenvalue weighted by Crippen LogP contribution is 2.37. The van der Waals surface area contributed by atoms with Crippen LogP contribution in [0.4, 0.5) is 10.5 Å². The van der Waals surface area contributed by atoms with E-state index in [1.54, 1.807) is 0 Å². The van der Waals surface area contributed by atoms with Crippen LogP contribution in [0.5, 0.6) is 5.75 Å². The third-order valence-corrected chi connectivity index (χ3v) is 5.21. The van der Waals surface area contributed by atoms with Gasteiger partial charge < -0.3 is 25.4 Å². The lowest BCUT2D eigenvalue weighted by atomic mass is 9.71. The molecule has 3 N–H and O–H groups in total. The van der Waals surface area contributed by atoms with Crippen molar-refractivity contribution in [2.75, 3.05) is 38.2 Å². The first-order chi connectivity index (χ1) is 11.7. The van der Waals surface area contributed by atoms with Gasteiger partial charge in [-0.2, -0.15) is 0 Å². The zero-order valence-electron chi connectivity index (χ0n) is 14.3. The Balaban J connectivity index is 1.70. The number of carbonyl (C=O) groups is 1. The zero-order chi connectivity index (χ0) is 17.0. The lowest BCUT2D eigenvalue weighted by molar-refractivity contribution is -0.00437. The van der Waals surface area contributed by atoms with Crippen LogP contribution in [0, 0.1) is 5.41 Å². The molecule has 2 heterocycles. The number of likely N-dealkylation sites (tertiary alicyclic amines) is 1. The maximum atomic E-state index is 12.7. The Morgan fingerprint density at radius 3 is 3.12 bits per heavy atom. The third-order valence-electron chi connectivity index (χ3n) is 5.21. The molecule has 1 aromatic carbocycles. The minimum atomic E-state index is -0.215. The van der Waals surface area contributed by atoms with Crippen LogP contribution in [0.15, 0.2) is 24.3 Å². The molecule has 3 rings (SSSR count). The molecule has 2 atom stereocenters. The van der Waals surface area contributed by atoms with Gasteiger partial charge in [0.25, 0.3) is 0 Å². The number of benzene rings is 1. The van der Waals surface area contributed by atoms with Gasteiger partial charge in [0.05, 0.1) is 18.9 Å². The predicted octanol–water partition coefficient (Wildman–Crippen LogP) is 2.05. The number of piperidine rings is 2. The number of ether oxygens (including phenoxy) is 1. The van der Waals surface area contributed by atoms with Gasteiger partial charge in [-0.05, 0) is 44.9 Å². The molecule has 2 aliphatic heterocycles. The van der Waals surface area contributed by atoms with Crippen LogP contribution in [0.1, 0.15) is 26.2 Å². The van der Waals surface area contributed by atoms with Crippen molar-refractivity contribution >= 4 is 11.7 Å². The molecule has 1 aromatic rings. The number of aliphatic hydroxyl groups excluding tert-OH is 1. The number of hydrogen-bond donors (Lipinski definition) is 3. The predicted molar refractivity (Wildman–Crippen MR) is 93.4 cm³/mol. The Morgan fingerprint density at radius 1 is 1.50 bits per heavy atom. The van der Waals surface area contributed by atoms with E-state index in [2.05, 4.69) is 10.6 Å². The summed E-state index contributed by atoms with van der Waals surface area (Å²) in [5, 5.41) is 16.4. The molecule has 0 unspecified atom stereocenters.